The molecule has 108 valence electrons. The quantitative estimate of drug-likeness (QED) is 0.541. The van der Waals surface area contributed by atoms with Gasteiger partial charge in [-0.25, -0.2) is 0 Å². The van der Waals surface area contributed by atoms with Crippen molar-refractivity contribution in [3.63, 3.8) is 0 Å². The molecule has 0 saturated carbocycles. The summed E-state index contributed by atoms with van der Waals surface area (Å²) in [7, 11) is 0. The summed E-state index contributed by atoms with van der Waals surface area (Å²) in [6, 6.07) is 13.5. The number of hydrogen-bond donors (Lipinski definition) is 0. The van der Waals surface area contributed by atoms with Crippen LogP contribution in [0.25, 0.3) is 5.57 Å². The van der Waals surface area contributed by atoms with Gasteiger partial charge in [-0.3, -0.25) is 4.79 Å². The number of ketones is 1. The van der Waals surface area contributed by atoms with Gasteiger partial charge in [0.15, 0.2) is 5.78 Å². The normalized spacial score (nSPS) is 12.3. The van der Waals surface area contributed by atoms with Gasteiger partial charge in [-0.15, -0.1) is 0 Å². The zero-order valence-corrected chi connectivity index (χ0v) is 12.3. The molecule has 5 heteroatoms. The monoisotopic (exact) mass is 354 g/mol. The molecule has 0 bridgehead atoms. The SMILES string of the molecule is O=C(/C=C(/c1ccccc1)C(F)(F)F)c1cccc(Br)c1. The molecule has 0 spiro atoms. The van der Waals surface area contributed by atoms with Gasteiger partial charge in [0.1, 0.15) is 0 Å². The van der Waals surface area contributed by atoms with Crippen molar-refractivity contribution in [2.45, 2.75) is 6.18 Å². The first-order valence-corrected chi connectivity index (χ1v) is 6.81. The van der Waals surface area contributed by atoms with Gasteiger partial charge < -0.3 is 0 Å². The fraction of sp³-hybridized carbons (Fsp3) is 0.0625. The molecule has 0 heterocycles. The first kappa shape index (κ1) is 15.5. The van der Waals surface area contributed by atoms with Crippen LogP contribution in [0, 0.1) is 0 Å². The second-order valence-corrected chi connectivity index (χ2v) is 5.21. The van der Waals surface area contributed by atoms with E-state index >= 15 is 0 Å². The van der Waals surface area contributed by atoms with Crippen molar-refractivity contribution < 1.29 is 18.0 Å². The molecule has 0 radical (unpaired) electrons. The third kappa shape index (κ3) is 4.04. The van der Waals surface area contributed by atoms with E-state index in [2.05, 4.69) is 15.9 Å². The maximum atomic E-state index is 13.1. The third-order valence-corrected chi connectivity index (χ3v) is 3.27. The summed E-state index contributed by atoms with van der Waals surface area (Å²) in [5.74, 6) is -0.688. The predicted octanol–water partition coefficient (Wildman–Crippen LogP) is 5.28. The molecule has 0 N–H and O–H groups in total. The Balaban J connectivity index is 2.45. The van der Waals surface area contributed by atoms with Gasteiger partial charge in [0.05, 0.1) is 5.57 Å². The molecule has 0 fully saturated rings. The van der Waals surface area contributed by atoms with Crippen molar-refractivity contribution in [3.05, 3.63) is 76.3 Å². The van der Waals surface area contributed by atoms with Crippen LogP contribution < -0.4 is 0 Å². The number of rotatable bonds is 3. The van der Waals surface area contributed by atoms with Crippen molar-refractivity contribution in [3.8, 4) is 0 Å². The summed E-state index contributed by atoms with van der Waals surface area (Å²) < 4.78 is 40.0. The van der Waals surface area contributed by atoms with E-state index in [9.17, 15) is 18.0 Å². The summed E-state index contributed by atoms with van der Waals surface area (Å²) in [5, 5.41) is 0. The Morgan fingerprint density at radius 2 is 1.57 bits per heavy atom. The minimum Gasteiger partial charge on any atom is -0.289 e. The molecule has 0 amide bonds. The summed E-state index contributed by atoms with van der Waals surface area (Å²) in [4.78, 5) is 12.0. The number of carbonyl (C=O) groups excluding carboxylic acids is 1. The maximum Gasteiger partial charge on any atom is 0.417 e. The largest absolute Gasteiger partial charge is 0.417 e. The smallest absolute Gasteiger partial charge is 0.289 e. The highest BCUT2D eigenvalue weighted by atomic mass is 79.9. The first-order valence-electron chi connectivity index (χ1n) is 6.02. The molecule has 0 aliphatic carbocycles. The summed E-state index contributed by atoms with van der Waals surface area (Å²) >= 11 is 3.19. The fourth-order valence-electron chi connectivity index (χ4n) is 1.80. The Labute approximate surface area is 128 Å². The van der Waals surface area contributed by atoms with E-state index in [1.807, 2.05) is 0 Å². The number of allylic oxidation sites excluding steroid dienone is 2. The molecule has 0 aromatic heterocycles. The summed E-state index contributed by atoms with van der Waals surface area (Å²) in [5.41, 5.74) is -0.788. The van der Waals surface area contributed by atoms with Crippen LogP contribution in [0.15, 0.2) is 65.1 Å². The third-order valence-electron chi connectivity index (χ3n) is 2.77. The Hall–Kier alpha value is -1.88. The minimum atomic E-state index is -4.59. The van der Waals surface area contributed by atoms with Gasteiger partial charge in [-0.2, -0.15) is 13.2 Å². The number of halogens is 4. The van der Waals surface area contributed by atoms with Crippen molar-refractivity contribution in [2.75, 3.05) is 0 Å². The van der Waals surface area contributed by atoms with E-state index in [1.54, 1.807) is 18.2 Å². The first-order chi connectivity index (χ1) is 9.88. The van der Waals surface area contributed by atoms with Gasteiger partial charge in [0, 0.05) is 10.0 Å². The molecule has 2 aromatic rings. The lowest BCUT2D eigenvalue weighted by Gasteiger charge is -2.11. The fourth-order valence-corrected chi connectivity index (χ4v) is 2.20. The van der Waals surface area contributed by atoms with Crippen LogP contribution in [0.4, 0.5) is 13.2 Å². The zero-order chi connectivity index (χ0) is 15.5. The molecule has 0 atom stereocenters. The van der Waals surface area contributed by atoms with Gasteiger partial charge in [0.2, 0.25) is 0 Å². The van der Waals surface area contributed by atoms with E-state index in [0.29, 0.717) is 10.5 Å². The highest BCUT2D eigenvalue weighted by Crippen LogP contribution is 2.34. The number of alkyl halides is 3. The standard InChI is InChI=1S/C16H10BrF3O/c17-13-8-4-7-12(9-13)15(21)10-14(16(18,19)20)11-5-2-1-3-6-11/h1-10H/b14-10-. The molecule has 21 heavy (non-hydrogen) atoms. The lowest BCUT2D eigenvalue weighted by molar-refractivity contribution is -0.0689. The summed E-state index contributed by atoms with van der Waals surface area (Å²) in [6.07, 6.45) is -3.96. The van der Waals surface area contributed by atoms with Crippen LogP contribution in [0.2, 0.25) is 0 Å². The van der Waals surface area contributed by atoms with E-state index in [4.69, 9.17) is 0 Å². The summed E-state index contributed by atoms with van der Waals surface area (Å²) in [6.45, 7) is 0. The Bertz CT molecular complexity index is 675. The average molecular weight is 355 g/mol. The van der Waals surface area contributed by atoms with E-state index in [-0.39, 0.29) is 11.1 Å². The van der Waals surface area contributed by atoms with Crippen LogP contribution in [0.3, 0.4) is 0 Å². The molecule has 2 aromatic carbocycles. The highest BCUT2D eigenvalue weighted by molar-refractivity contribution is 9.10. The van der Waals surface area contributed by atoms with E-state index < -0.39 is 17.5 Å². The molecule has 0 aliphatic heterocycles. The Kier molecular flexibility index (Phi) is 4.63. The van der Waals surface area contributed by atoms with E-state index in [1.165, 1.54) is 36.4 Å². The predicted molar refractivity (Wildman–Crippen MR) is 78.9 cm³/mol. The van der Waals surface area contributed by atoms with Crippen LogP contribution in [0.5, 0.6) is 0 Å². The molecule has 1 nitrogen and oxygen atoms in total. The maximum absolute atomic E-state index is 13.1. The Morgan fingerprint density at radius 1 is 0.952 bits per heavy atom. The Morgan fingerprint density at radius 3 is 2.14 bits per heavy atom. The van der Waals surface area contributed by atoms with Gasteiger partial charge in [0.25, 0.3) is 0 Å². The lowest BCUT2D eigenvalue weighted by atomic mass is 10.0. The number of benzene rings is 2. The van der Waals surface area contributed by atoms with Gasteiger partial charge in [-0.1, -0.05) is 58.4 Å². The highest BCUT2D eigenvalue weighted by Gasteiger charge is 2.35. The number of carbonyl (C=O) groups is 1. The number of hydrogen-bond acceptors (Lipinski definition) is 1. The van der Waals surface area contributed by atoms with Crippen LogP contribution in [0.1, 0.15) is 15.9 Å². The topological polar surface area (TPSA) is 17.1 Å². The lowest BCUT2D eigenvalue weighted by Crippen LogP contribution is -2.12. The van der Waals surface area contributed by atoms with Crippen LogP contribution in [-0.4, -0.2) is 12.0 Å². The van der Waals surface area contributed by atoms with E-state index in [0.717, 1.165) is 0 Å². The molecular formula is C16H10BrF3O. The van der Waals surface area contributed by atoms with Crippen LogP contribution >= 0.6 is 15.9 Å². The molecule has 0 unspecified atom stereocenters. The minimum absolute atomic E-state index is 0.0339. The van der Waals surface area contributed by atoms with Crippen molar-refractivity contribution in [1.29, 1.82) is 0 Å². The zero-order valence-electron chi connectivity index (χ0n) is 10.7. The van der Waals surface area contributed by atoms with Crippen molar-refractivity contribution >= 4 is 27.3 Å². The van der Waals surface area contributed by atoms with Crippen LogP contribution in [-0.2, 0) is 0 Å². The van der Waals surface area contributed by atoms with Crippen molar-refractivity contribution in [1.82, 2.24) is 0 Å². The second kappa shape index (κ2) is 6.26. The molecule has 0 saturated heterocycles. The van der Waals surface area contributed by atoms with Crippen molar-refractivity contribution in [2.24, 2.45) is 0 Å². The second-order valence-electron chi connectivity index (χ2n) is 4.30. The average Bonchev–Trinajstić information content (AvgIpc) is 2.44. The molecule has 0 aliphatic rings. The molecule has 2 rings (SSSR count). The molecular weight excluding hydrogens is 345 g/mol. The van der Waals surface area contributed by atoms with Gasteiger partial charge in [-0.05, 0) is 23.8 Å². The van der Waals surface area contributed by atoms with Gasteiger partial charge >= 0.3 is 6.18 Å².